The van der Waals surface area contributed by atoms with Gasteiger partial charge < -0.3 is 0 Å². The summed E-state index contributed by atoms with van der Waals surface area (Å²) >= 11 is 0. The lowest BCUT2D eigenvalue weighted by Crippen LogP contribution is -2.46. The van der Waals surface area contributed by atoms with Crippen LogP contribution in [0.15, 0.2) is 0 Å². The lowest BCUT2D eigenvalue weighted by atomic mass is 9.85. The first-order chi connectivity index (χ1) is 9.84. The SMILES string of the molecule is N#CC(NS(=O)(=O)C1CCS(=O)(=O)CC1)C1CCCCC1. The number of nitriles is 1. The summed E-state index contributed by atoms with van der Waals surface area (Å²) in [6.07, 6.45) is 5.21. The summed E-state index contributed by atoms with van der Waals surface area (Å²) < 4.78 is 50.0. The van der Waals surface area contributed by atoms with Crippen LogP contribution in [0.4, 0.5) is 0 Å². The monoisotopic (exact) mass is 334 g/mol. The largest absolute Gasteiger partial charge is 0.229 e. The molecule has 1 aliphatic carbocycles. The Balaban J connectivity index is 2.01. The summed E-state index contributed by atoms with van der Waals surface area (Å²) in [7, 11) is -6.72. The average Bonchev–Trinajstić information content (AvgIpc) is 2.45. The van der Waals surface area contributed by atoms with E-state index in [0.29, 0.717) is 0 Å². The zero-order chi connectivity index (χ0) is 15.5. The van der Waals surface area contributed by atoms with E-state index in [4.69, 9.17) is 0 Å². The Morgan fingerprint density at radius 2 is 1.62 bits per heavy atom. The van der Waals surface area contributed by atoms with Crippen molar-refractivity contribution < 1.29 is 16.8 Å². The molecule has 1 unspecified atom stereocenters. The molecule has 1 N–H and O–H groups in total. The van der Waals surface area contributed by atoms with E-state index in [1.807, 2.05) is 0 Å². The van der Waals surface area contributed by atoms with Crippen molar-refractivity contribution in [2.75, 3.05) is 11.5 Å². The van der Waals surface area contributed by atoms with Crippen molar-refractivity contribution in [3.05, 3.63) is 0 Å². The van der Waals surface area contributed by atoms with Crippen molar-refractivity contribution in [1.29, 1.82) is 5.26 Å². The molecule has 0 amide bonds. The molecule has 1 saturated heterocycles. The maximum Gasteiger partial charge on any atom is 0.215 e. The van der Waals surface area contributed by atoms with Crippen molar-refractivity contribution in [2.24, 2.45) is 5.92 Å². The fourth-order valence-corrected chi connectivity index (χ4v) is 6.59. The quantitative estimate of drug-likeness (QED) is 0.824. The molecule has 2 rings (SSSR count). The topological polar surface area (TPSA) is 104 Å². The van der Waals surface area contributed by atoms with E-state index in [1.54, 1.807) is 0 Å². The number of hydrogen-bond donors (Lipinski definition) is 1. The van der Waals surface area contributed by atoms with E-state index in [2.05, 4.69) is 10.8 Å². The molecule has 1 heterocycles. The van der Waals surface area contributed by atoms with Gasteiger partial charge in [-0.25, -0.2) is 16.8 Å². The van der Waals surface area contributed by atoms with Gasteiger partial charge in [-0.15, -0.1) is 0 Å². The Morgan fingerprint density at radius 1 is 1.05 bits per heavy atom. The third-order valence-corrected chi connectivity index (χ3v) is 8.14. The van der Waals surface area contributed by atoms with E-state index >= 15 is 0 Å². The Hall–Kier alpha value is -0.650. The van der Waals surface area contributed by atoms with Crippen LogP contribution in [0.5, 0.6) is 0 Å². The summed E-state index contributed by atoms with van der Waals surface area (Å²) in [5, 5.41) is 8.56. The van der Waals surface area contributed by atoms with Crippen molar-refractivity contribution >= 4 is 19.9 Å². The minimum Gasteiger partial charge on any atom is -0.229 e. The van der Waals surface area contributed by atoms with Crippen LogP contribution in [0.1, 0.15) is 44.9 Å². The van der Waals surface area contributed by atoms with Gasteiger partial charge >= 0.3 is 0 Å². The highest BCUT2D eigenvalue weighted by Crippen LogP contribution is 2.27. The van der Waals surface area contributed by atoms with Crippen LogP contribution < -0.4 is 4.72 Å². The highest BCUT2D eigenvalue weighted by atomic mass is 32.2. The number of sulfonamides is 1. The molecule has 21 heavy (non-hydrogen) atoms. The summed E-state index contributed by atoms with van der Waals surface area (Å²) in [5.74, 6) is -0.0933. The van der Waals surface area contributed by atoms with Crippen LogP contribution in [0.2, 0.25) is 0 Å². The molecule has 0 radical (unpaired) electrons. The number of nitrogens with zero attached hydrogens (tertiary/aromatic N) is 1. The molecule has 8 heteroatoms. The van der Waals surface area contributed by atoms with Crippen molar-refractivity contribution in [3.8, 4) is 6.07 Å². The van der Waals surface area contributed by atoms with E-state index in [1.165, 1.54) is 0 Å². The number of sulfone groups is 1. The van der Waals surface area contributed by atoms with Gasteiger partial charge in [0, 0.05) is 0 Å². The molecular weight excluding hydrogens is 312 g/mol. The predicted octanol–water partition coefficient (Wildman–Crippen LogP) is 0.955. The average molecular weight is 334 g/mol. The van der Waals surface area contributed by atoms with Crippen LogP contribution in [-0.4, -0.2) is 39.6 Å². The molecule has 0 aromatic heterocycles. The third kappa shape index (κ3) is 4.41. The molecular formula is C13H22N2O4S2. The second-order valence-corrected chi connectivity index (χ2v) is 10.3. The summed E-state index contributed by atoms with van der Waals surface area (Å²) in [5.41, 5.74) is 0. The molecule has 2 aliphatic rings. The smallest absolute Gasteiger partial charge is 0.215 e. The zero-order valence-corrected chi connectivity index (χ0v) is 13.6. The van der Waals surface area contributed by atoms with Gasteiger partial charge in [-0.05, 0) is 31.6 Å². The van der Waals surface area contributed by atoms with Gasteiger partial charge in [-0.1, -0.05) is 19.3 Å². The van der Waals surface area contributed by atoms with Gasteiger partial charge in [-0.3, -0.25) is 0 Å². The Labute approximate surface area is 126 Å². The Bertz CT molecular complexity index is 587. The van der Waals surface area contributed by atoms with Crippen molar-refractivity contribution in [3.63, 3.8) is 0 Å². The van der Waals surface area contributed by atoms with E-state index in [-0.39, 0.29) is 30.3 Å². The van der Waals surface area contributed by atoms with Crippen LogP contribution in [-0.2, 0) is 19.9 Å². The summed E-state index contributed by atoms with van der Waals surface area (Å²) in [6.45, 7) is 0. The molecule has 0 spiro atoms. The number of nitrogens with one attached hydrogen (secondary N) is 1. The maximum atomic E-state index is 12.4. The standard InChI is InChI=1S/C13H22N2O4S2/c14-10-13(11-4-2-1-3-5-11)15-21(18,19)12-6-8-20(16,17)9-7-12/h11-13,15H,1-9H2. The molecule has 1 atom stereocenters. The minimum absolute atomic E-state index is 0.0749. The fourth-order valence-electron chi connectivity index (χ4n) is 3.15. The first-order valence-corrected chi connectivity index (χ1v) is 10.8. The van der Waals surface area contributed by atoms with Gasteiger partial charge in [0.15, 0.2) is 0 Å². The van der Waals surface area contributed by atoms with Crippen LogP contribution in [0.25, 0.3) is 0 Å². The molecule has 120 valence electrons. The predicted molar refractivity (Wildman–Crippen MR) is 79.7 cm³/mol. The van der Waals surface area contributed by atoms with Crippen LogP contribution in [0, 0.1) is 17.2 Å². The van der Waals surface area contributed by atoms with E-state index in [0.717, 1.165) is 32.1 Å². The third-order valence-electron chi connectivity index (χ3n) is 4.49. The lowest BCUT2D eigenvalue weighted by Gasteiger charge is -2.29. The molecule has 1 aliphatic heterocycles. The summed E-state index contributed by atoms with van der Waals surface area (Å²) in [6, 6.07) is 1.39. The first-order valence-electron chi connectivity index (χ1n) is 7.45. The fraction of sp³-hybridized carbons (Fsp3) is 0.923. The van der Waals surface area contributed by atoms with Crippen LogP contribution in [0.3, 0.4) is 0 Å². The zero-order valence-electron chi connectivity index (χ0n) is 12.0. The Kier molecular flexibility index (Phi) is 5.28. The molecule has 6 nitrogen and oxygen atoms in total. The Morgan fingerprint density at radius 3 is 2.14 bits per heavy atom. The minimum atomic E-state index is -3.63. The van der Waals surface area contributed by atoms with E-state index in [9.17, 15) is 22.1 Å². The van der Waals surface area contributed by atoms with Crippen molar-refractivity contribution in [1.82, 2.24) is 4.72 Å². The maximum absolute atomic E-state index is 12.4. The highest BCUT2D eigenvalue weighted by Gasteiger charge is 2.35. The van der Waals surface area contributed by atoms with Gasteiger partial charge in [0.1, 0.15) is 15.9 Å². The van der Waals surface area contributed by atoms with Crippen molar-refractivity contribution in [2.45, 2.75) is 56.2 Å². The number of rotatable bonds is 4. The second kappa shape index (κ2) is 6.63. The molecule has 0 aromatic carbocycles. The normalized spacial score (nSPS) is 26.0. The van der Waals surface area contributed by atoms with Gasteiger partial charge in [-0.2, -0.15) is 9.98 Å². The molecule has 0 aromatic rings. The first kappa shape index (κ1) is 16.7. The molecule has 0 bridgehead atoms. The van der Waals surface area contributed by atoms with Gasteiger partial charge in [0.05, 0.1) is 22.8 Å². The lowest BCUT2D eigenvalue weighted by molar-refractivity contribution is 0.323. The summed E-state index contributed by atoms with van der Waals surface area (Å²) in [4.78, 5) is 0. The van der Waals surface area contributed by atoms with Gasteiger partial charge in [0.2, 0.25) is 10.0 Å². The molecule has 1 saturated carbocycles. The second-order valence-electron chi connectivity index (χ2n) is 6.02. The number of hydrogen-bond acceptors (Lipinski definition) is 5. The molecule has 2 fully saturated rings. The van der Waals surface area contributed by atoms with E-state index < -0.39 is 31.2 Å². The van der Waals surface area contributed by atoms with Crippen LogP contribution >= 0.6 is 0 Å². The highest BCUT2D eigenvalue weighted by molar-refractivity contribution is 7.92. The van der Waals surface area contributed by atoms with Gasteiger partial charge in [0.25, 0.3) is 0 Å².